The lowest BCUT2D eigenvalue weighted by atomic mass is 9.69. The Hall–Kier alpha value is -0.120. The second-order valence-corrected chi connectivity index (χ2v) is 8.21. The molecule has 3 fully saturated rings. The molecule has 18 heavy (non-hydrogen) atoms. The molecular weight excluding hydrogens is 224 g/mol. The van der Waals surface area contributed by atoms with Crippen molar-refractivity contribution < 1.29 is 9.22 Å². The summed E-state index contributed by atoms with van der Waals surface area (Å²) in [5.41, 5.74) is 0.371. The number of quaternary nitrogens is 1. The molecule has 0 aromatic heterocycles. The summed E-state index contributed by atoms with van der Waals surface area (Å²) in [7, 11) is 6.85. The van der Waals surface area contributed by atoms with Crippen molar-refractivity contribution >= 4 is 0 Å². The van der Waals surface area contributed by atoms with Crippen molar-refractivity contribution in [2.75, 3.05) is 47.3 Å². The predicted molar refractivity (Wildman–Crippen MR) is 73.4 cm³/mol. The van der Waals surface area contributed by atoms with Crippen LogP contribution in [-0.4, -0.2) is 67.9 Å². The van der Waals surface area contributed by atoms with E-state index in [1.54, 1.807) is 0 Å². The summed E-state index contributed by atoms with van der Waals surface area (Å²) < 4.78 is 7.44. The minimum atomic E-state index is 0.185. The fraction of sp³-hybridized carbons (Fsp3) is 1.00. The van der Waals surface area contributed by atoms with Crippen molar-refractivity contribution in [3.05, 3.63) is 0 Å². The molecule has 3 heterocycles. The monoisotopic (exact) mass is 253 g/mol. The highest BCUT2D eigenvalue weighted by atomic mass is 16.5. The zero-order chi connectivity index (χ0) is 13.2. The number of likely N-dealkylation sites (N-methyl/N-ethyl adjacent to an activating group) is 1. The van der Waals surface area contributed by atoms with Crippen molar-refractivity contribution in [1.82, 2.24) is 4.90 Å². The number of fused-ring (bicyclic) bond motifs is 5. The van der Waals surface area contributed by atoms with Crippen LogP contribution in [0.15, 0.2) is 0 Å². The van der Waals surface area contributed by atoms with Gasteiger partial charge in [-0.2, -0.15) is 0 Å². The Bertz CT molecular complexity index is 327. The minimum absolute atomic E-state index is 0.185. The van der Waals surface area contributed by atoms with Crippen LogP contribution in [0.5, 0.6) is 0 Å². The molecule has 0 aromatic carbocycles. The van der Waals surface area contributed by atoms with Crippen LogP contribution in [0.2, 0.25) is 0 Å². The van der Waals surface area contributed by atoms with Gasteiger partial charge in [0.15, 0.2) is 0 Å². The van der Waals surface area contributed by atoms with Crippen LogP contribution in [0.4, 0.5) is 0 Å². The summed E-state index contributed by atoms with van der Waals surface area (Å²) in [5.74, 6) is 1.56. The molecule has 4 atom stereocenters. The maximum atomic E-state index is 6.38. The third-order valence-corrected chi connectivity index (χ3v) is 5.64. The molecule has 4 unspecified atom stereocenters. The van der Waals surface area contributed by atoms with Crippen molar-refractivity contribution in [2.24, 2.45) is 11.8 Å². The maximum absolute atomic E-state index is 6.38. The molecule has 0 saturated carbocycles. The van der Waals surface area contributed by atoms with Crippen LogP contribution < -0.4 is 0 Å². The van der Waals surface area contributed by atoms with Gasteiger partial charge in [0.25, 0.3) is 0 Å². The Morgan fingerprint density at radius 1 is 1.06 bits per heavy atom. The predicted octanol–water partition coefficient (Wildman–Crippen LogP) is 1.58. The molecule has 3 heteroatoms. The fourth-order valence-electron chi connectivity index (χ4n) is 4.40. The van der Waals surface area contributed by atoms with Crippen LogP contribution >= 0.6 is 0 Å². The molecule has 0 radical (unpaired) electrons. The van der Waals surface area contributed by atoms with E-state index in [0.29, 0.717) is 0 Å². The quantitative estimate of drug-likeness (QED) is 0.708. The van der Waals surface area contributed by atoms with Crippen LogP contribution in [0.1, 0.15) is 26.7 Å². The van der Waals surface area contributed by atoms with Crippen molar-refractivity contribution in [3.8, 4) is 0 Å². The van der Waals surface area contributed by atoms with E-state index in [1.807, 2.05) is 0 Å². The first-order valence-electron chi connectivity index (χ1n) is 7.45. The van der Waals surface area contributed by atoms with Gasteiger partial charge in [0.2, 0.25) is 0 Å². The summed E-state index contributed by atoms with van der Waals surface area (Å²) >= 11 is 0. The first-order chi connectivity index (χ1) is 8.22. The number of nitrogens with zero attached hydrogens (tertiary/aromatic N) is 2. The summed E-state index contributed by atoms with van der Waals surface area (Å²) in [6, 6.07) is 0. The lowest BCUT2D eigenvalue weighted by molar-refractivity contribution is -0.869. The standard InChI is InChI=1S/C15H29N2O/c1-14-6-7-15(2,18-14)13-11-16(10-12(13)14)8-9-17(3,4)5/h12-13H,6-11H2,1-5H3/q+1. The number of hydrogen-bond acceptors (Lipinski definition) is 2. The third kappa shape index (κ3) is 1.91. The van der Waals surface area contributed by atoms with E-state index in [0.717, 1.165) is 16.3 Å². The van der Waals surface area contributed by atoms with Crippen LogP contribution in [0.3, 0.4) is 0 Å². The highest BCUT2D eigenvalue weighted by Gasteiger charge is 2.65. The summed E-state index contributed by atoms with van der Waals surface area (Å²) in [6.45, 7) is 9.71. The molecule has 3 saturated heterocycles. The Labute approximate surface area is 112 Å². The molecule has 2 bridgehead atoms. The van der Waals surface area contributed by atoms with E-state index < -0.39 is 0 Å². The Balaban J connectivity index is 1.66. The normalized spacial score (nSPS) is 47.8. The van der Waals surface area contributed by atoms with Gasteiger partial charge in [0.1, 0.15) is 0 Å². The van der Waals surface area contributed by atoms with Crippen LogP contribution in [0.25, 0.3) is 0 Å². The van der Waals surface area contributed by atoms with Crippen LogP contribution in [0, 0.1) is 11.8 Å². The van der Waals surface area contributed by atoms with Crippen molar-refractivity contribution in [3.63, 3.8) is 0 Å². The first kappa shape index (κ1) is 12.9. The van der Waals surface area contributed by atoms with E-state index in [9.17, 15) is 0 Å². The second kappa shape index (κ2) is 3.71. The van der Waals surface area contributed by atoms with E-state index in [1.165, 1.54) is 39.0 Å². The Kier molecular flexibility index (Phi) is 2.66. The molecule has 0 aromatic rings. The van der Waals surface area contributed by atoms with E-state index in [-0.39, 0.29) is 11.2 Å². The molecule has 3 rings (SSSR count). The molecule has 0 spiro atoms. The molecule has 0 N–H and O–H groups in total. The first-order valence-corrected chi connectivity index (χ1v) is 7.45. The van der Waals surface area contributed by atoms with Gasteiger partial charge in [0.05, 0.1) is 38.9 Å². The smallest absolute Gasteiger partial charge is 0.0909 e. The largest absolute Gasteiger partial charge is 0.368 e. The number of rotatable bonds is 3. The van der Waals surface area contributed by atoms with Gasteiger partial charge in [0, 0.05) is 31.5 Å². The third-order valence-electron chi connectivity index (χ3n) is 5.64. The van der Waals surface area contributed by atoms with Gasteiger partial charge in [-0.1, -0.05) is 0 Å². The Morgan fingerprint density at radius 3 is 2.00 bits per heavy atom. The van der Waals surface area contributed by atoms with E-state index >= 15 is 0 Å². The molecule has 0 amide bonds. The Morgan fingerprint density at radius 2 is 1.56 bits per heavy atom. The zero-order valence-electron chi connectivity index (χ0n) is 12.7. The van der Waals surface area contributed by atoms with Crippen molar-refractivity contribution in [1.29, 1.82) is 0 Å². The molecule has 3 nitrogen and oxygen atoms in total. The zero-order valence-corrected chi connectivity index (χ0v) is 12.7. The van der Waals surface area contributed by atoms with Gasteiger partial charge in [-0.15, -0.1) is 0 Å². The number of ether oxygens (including phenoxy) is 1. The highest BCUT2D eigenvalue weighted by Crippen LogP contribution is 2.59. The summed E-state index contributed by atoms with van der Waals surface area (Å²) in [6.07, 6.45) is 2.54. The molecule has 3 aliphatic heterocycles. The minimum Gasteiger partial charge on any atom is -0.368 e. The lowest BCUT2D eigenvalue weighted by Gasteiger charge is -2.30. The van der Waals surface area contributed by atoms with Gasteiger partial charge < -0.3 is 9.22 Å². The van der Waals surface area contributed by atoms with E-state index in [4.69, 9.17) is 4.74 Å². The lowest BCUT2D eigenvalue weighted by Crippen LogP contribution is -2.42. The molecule has 3 aliphatic rings. The number of likely N-dealkylation sites (tertiary alicyclic amines) is 1. The molecule has 104 valence electrons. The average molecular weight is 253 g/mol. The second-order valence-electron chi connectivity index (χ2n) is 8.21. The summed E-state index contributed by atoms with van der Waals surface area (Å²) in [5, 5.41) is 0. The average Bonchev–Trinajstić information content (AvgIpc) is 2.82. The van der Waals surface area contributed by atoms with Crippen LogP contribution in [-0.2, 0) is 4.74 Å². The van der Waals surface area contributed by atoms with Gasteiger partial charge in [-0.25, -0.2) is 0 Å². The topological polar surface area (TPSA) is 12.5 Å². The fourth-order valence-corrected chi connectivity index (χ4v) is 4.40. The number of hydrogen-bond donors (Lipinski definition) is 0. The molecule has 0 aliphatic carbocycles. The summed E-state index contributed by atoms with van der Waals surface area (Å²) in [4.78, 5) is 2.68. The highest BCUT2D eigenvalue weighted by molar-refractivity contribution is 5.14. The van der Waals surface area contributed by atoms with Gasteiger partial charge in [-0.3, -0.25) is 4.90 Å². The van der Waals surface area contributed by atoms with Gasteiger partial charge in [-0.05, 0) is 26.7 Å². The molecular formula is C15H29N2O+. The SMILES string of the molecule is CC12CCC(C)(O1)C1CN(CC[N+](C)(C)C)CC12. The van der Waals surface area contributed by atoms with Gasteiger partial charge >= 0.3 is 0 Å². The van der Waals surface area contributed by atoms with E-state index in [2.05, 4.69) is 39.9 Å². The van der Waals surface area contributed by atoms with Crippen molar-refractivity contribution in [2.45, 2.75) is 37.9 Å². The maximum Gasteiger partial charge on any atom is 0.0909 e.